The fourth-order valence-corrected chi connectivity index (χ4v) is 4.24. The van der Waals surface area contributed by atoms with Gasteiger partial charge in [0.15, 0.2) is 0 Å². The topological polar surface area (TPSA) is 42.0 Å². The first kappa shape index (κ1) is 17.1. The van der Waals surface area contributed by atoms with E-state index in [4.69, 9.17) is 9.47 Å². The van der Waals surface area contributed by atoms with Crippen molar-refractivity contribution in [1.29, 1.82) is 0 Å². The Morgan fingerprint density at radius 1 is 1.00 bits per heavy atom. The quantitative estimate of drug-likeness (QED) is 0.830. The Bertz CT molecular complexity index is 779. The molecule has 3 heterocycles. The van der Waals surface area contributed by atoms with Crippen LogP contribution in [0.3, 0.4) is 0 Å². The van der Waals surface area contributed by atoms with Crippen molar-refractivity contribution < 1.29 is 14.3 Å². The summed E-state index contributed by atoms with van der Waals surface area (Å²) in [5, 5.41) is 0. The zero-order chi connectivity index (χ0) is 17.8. The first-order chi connectivity index (χ1) is 12.8. The number of hydrogen-bond acceptors (Lipinski definition) is 5. The van der Waals surface area contributed by atoms with Gasteiger partial charge in [-0.25, -0.2) is 0 Å². The summed E-state index contributed by atoms with van der Waals surface area (Å²) in [4.78, 5) is 19.3. The van der Waals surface area contributed by atoms with Gasteiger partial charge in [0.2, 0.25) is 5.76 Å². The van der Waals surface area contributed by atoms with Gasteiger partial charge in [0.05, 0.1) is 0 Å². The summed E-state index contributed by atoms with van der Waals surface area (Å²) in [6.07, 6.45) is 1.44. The van der Waals surface area contributed by atoms with Crippen molar-refractivity contribution in [1.82, 2.24) is 9.80 Å². The molecule has 0 saturated carbocycles. The summed E-state index contributed by atoms with van der Waals surface area (Å²) < 4.78 is 10.6. The smallest absolute Gasteiger partial charge is 0.292 e. The van der Waals surface area contributed by atoms with Crippen LogP contribution in [0.5, 0.6) is 0 Å². The molecule has 1 saturated heterocycles. The van der Waals surface area contributed by atoms with Crippen LogP contribution in [-0.4, -0.2) is 55.1 Å². The van der Waals surface area contributed by atoms with Gasteiger partial charge in [-0.2, -0.15) is 0 Å². The lowest BCUT2D eigenvalue weighted by Gasteiger charge is -2.34. The number of carbonyl (C=O) groups is 1. The minimum absolute atomic E-state index is 0.0631. The van der Waals surface area contributed by atoms with Crippen molar-refractivity contribution in [3.63, 3.8) is 0 Å². The maximum Gasteiger partial charge on any atom is 0.292 e. The number of carbonyl (C=O) groups excluding carboxylic acids is 1. The van der Waals surface area contributed by atoms with Crippen LogP contribution in [-0.2, 0) is 20.8 Å². The average molecular weight is 370 g/mol. The van der Waals surface area contributed by atoms with Crippen molar-refractivity contribution in [3.05, 3.63) is 59.4 Å². The second kappa shape index (κ2) is 7.93. The van der Waals surface area contributed by atoms with E-state index in [1.54, 1.807) is 0 Å². The van der Waals surface area contributed by atoms with Gasteiger partial charge in [0.1, 0.15) is 19.5 Å². The van der Waals surface area contributed by atoms with E-state index >= 15 is 0 Å². The van der Waals surface area contributed by atoms with Crippen LogP contribution < -0.4 is 0 Å². The van der Waals surface area contributed by atoms with Crippen molar-refractivity contribution in [2.24, 2.45) is 0 Å². The molecule has 6 heteroatoms. The molecule has 0 atom stereocenters. The zero-order valence-electron chi connectivity index (χ0n) is 14.6. The number of hydrogen-bond donors (Lipinski definition) is 0. The second-order valence-electron chi connectivity index (χ2n) is 6.40. The van der Waals surface area contributed by atoms with Crippen LogP contribution in [0.4, 0.5) is 0 Å². The first-order valence-electron chi connectivity index (χ1n) is 8.90. The normalized spacial score (nSPS) is 18.0. The van der Waals surface area contributed by atoms with Gasteiger partial charge in [-0.3, -0.25) is 9.69 Å². The number of thiophene rings is 1. The lowest BCUT2D eigenvalue weighted by molar-refractivity contribution is -0.134. The SMILES string of the molecule is O=C(C1=COCCO1)N1CCN(Cc2ccc(-c3ccccc3)s2)CC1. The van der Waals surface area contributed by atoms with E-state index in [1.807, 2.05) is 22.3 Å². The Kier molecular flexibility index (Phi) is 5.22. The molecule has 0 N–H and O–H groups in total. The molecule has 1 fully saturated rings. The van der Waals surface area contributed by atoms with Crippen LogP contribution >= 0.6 is 11.3 Å². The van der Waals surface area contributed by atoms with Crippen LogP contribution in [0.1, 0.15) is 4.88 Å². The lowest BCUT2D eigenvalue weighted by Crippen LogP contribution is -2.49. The second-order valence-corrected chi connectivity index (χ2v) is 7.57. The molecule has 26 heavy (non-hydrogen) atoms. The van der Waals surface area contributed by atoms with Gasteiger partial charge >= 0.3 is 0 Å². The van der Waals surface area contributed by atoms with Gasteiger partial charge in [-0.15, -0.1) is 11.3 Å². The highest BCUT2D eigenvalue weighted by atomic mass is 32.1. The van der Waals surface area contributed by atoms with E-state index < -0.39 is 0 Å². The Labute approximate surface area is 157 Å². The molecule has 2 aliphatic heterocycles. The number of nitrogens with zero attached hydrogens (tertiary/aromatic N) is 2. The van der Waals surface area contributed by atoms with E-state index in [0.29, 0.717) is 19.0 Å². The largest absolute Gasteiger partial charge is 0.494 e. The van der Waals surface area contributed by atoms with E-state index in [2.05, 4.69) is 41.3 Å². The fourth-order valence-electron chi connectivity index (χ4n) is 3.19. The summed E-state index contributed by atoms with van der Waals surface area (Å²) in [5.41, 5.74) is 1.27. The molecule has 2 aromatic rings. The highest BCUT2D eigenvalue weighted by Crippen LogP contribution is 2.28. The highest BCUT2D eigenvalue weighted by molar-refractivity contribution is 7.15. The molecule has 0 aliphatic carbocycles. The summed E-state index contributed by atoms with van der Waals surface area (Å²) in [6.45, 7) is 5.07. The third-order valence-electron chi connectivity index (χ3n) is 4.62. The maximum atomic E-state index is 12.4. The van der Waals surface area contributed by atoms with Gasteiger partial charge in [-0.1, -0.05) is 30.3 Å². The van der Waals surface area contributed by atoms with E-state index in [1.165, 1.54) is 21.6 Å². The molecule has 2 aliphatic rings. The maximum absolute atomic E-state index is 12.4. The molecule has 136 valence electrons. The lowest BCUT2D eigenvalue weighted by atomic mass is 10.2. The summed E-state index contributed by atoms with van der Waals surface area (Å²) in [5.74, 6) is 0.266. The average Bonchev–Trinajstić information content (AvgIpc) is 3.18. The molecule has 4 rings (SSSR count). The number of ether oxygens (including phenoxy) is 2. The molecule has 1 aromatic heterocycles. The van der Waals surface area contributed by atoms with Gasteiger partial charge in [0.25, 0.3) is 5.91 Å². The van der Waals surface area contributed by atoms with E-state index in [0.717, 1.165) is 32.7 Å². The third-order valence-corrected chi connectivity index (χ3v) is 5.74. The number of amides is 1. The van der Waals surface area contributed by atoms with Crippen molar-refractivity contribution in [2.45, 2.75) is 6.54 Å². The standard InChI is InChI=1S/C20H22N2O3S/c23-20(18-15-24-12-13-25-18)22-10-8-21(9-11-22)14-17-6-7-19(26-17)16-4-2-1-3-5-16/h1-7,15H,8-14H2. The minimum Gasteiger partial charge on any atom is -0.494 e. The van der Waals surface area contributed by atoms with Gasteiger partial charge in [-0.05, 0) is 17.7 Å². The summed E-state index contributed by atoms with van der Waals surface area (Å²) in [6, 6.07) is 14.9. The minimum atomic E-state index is -0.0631. The number of benzene rings is 1. The Hall–Kier alpha value is -2.31. The molecular formula is C20H22N2O3S. The molecule has 5 nitrogen and oxygen atoms in total. The third kappa shape index (κ3) is 3.92. The molecule has 0 radical (unpaired) electrons. The van der Waals surface area contributed by atoms with E-state index in [9.17, 15) is 4.79 Å². The molecule has 0 spiro atoms. The number of rotatable bonds is 4. The van der Waals surface area contributed by atoms with Crippen molar-refractivity contribution in [2.75, 3.05) is 39.4 Å². The first-order valence-corrected chi connectivity index (χ1v) is 9.71. The predicted molar refractivity (Wildman–Crippen MR) is 102 cm³/mol. The summed E-state index contributed by atoms with van der Waals surface area (Å²) >= 11 is 1.84. The molecular weight excluding hydrogens is 348 g/mol. The van der Waals surface area contributed by atoms with Crippen LogP contribution in [0.25, 0.3) is 10.4 Å². The molecule has 0 unspecified atom stereocenters. The Balaban J connectivity index is 1.31. The molecule has 1 aromatic carbocycles. The Morgan fingerprint density at radius 2 is 1.81 bits per heavy atom. The highest BCUT2D eigenvalue weighted by Gasteiger charge is 2.26. The van der Waals surface area contributed by atoms with Crippen molar-refractivity contribution in [3.8, 4) is 10.4 Å². The summed E-state index contributed by atoms with van der Waals surface area (Å²) in [7, 11) is 0. The fraction of sp³-hybridized carbons (Fsp3) is 0.350. The van der Waals surface area contributed by atoms with Gasteiger partial charge in [0, 0.05) is 42.5 Å². The van der Waals surface area contributed by atoms with Gasteiger partial charge < -0.3 is 14.4 Å². The van der Waals surface area contributed by atoms with Crippen molar-refractivity contribution >= 4 is 17.2 Å². The van der Waals surface area contributed by atoms with Crippen LogP contribution in [0, 0.1) is 0 Å². The number of piperazine rings is 1. The van der Waals surface area contributed by atoms with Crippen LogP contribution in [0.2, 0.25) is 0 Å². The predicted octanol–water partition coefficient (Wildman–Crippen LogP) is 2.95. The zero-order valence-corrected chi connectivity index (χ0v) is 15.4. The molecule has 1 amide bonds. The van der Waals surface area contributed by atoms with Crippen LogP contribution in [0.15, 0.2) is 54.5 Å². The monoisotopic (exact) mass is 370 g/mol. The molecule has 0 bridgehead atoms. The Morgan fingerprint density at radius 3 is 2.54 bits per heavy atom. The van der Waals surface area contributed by atoms with E-state index in [-0.39, 0.29) is 5.91 Å².